The highest BCUT2D eigenvalue weighted by Gasteiger charge is 2.51. The summed E-state index contributed by atoms with van der Waals surface area (Å²) in [4.78, 5) is 21.2. The van der Waals surface area contributed by atoms with Crippen LogP contribution in [0.3, 0.4) is 0 Å². The molecule has 1 N–H and O–H groups in total. The zero-order valence-corrected chi connectivity index (χ0v) is 31.4. The summed E-state index contributed by atoms with van der Waals surface area (Å²) < 4.78 is 21.7. The van der Waals surface area contributed by atoms with E-state index in [1.807, 2.05) is 17.7 Å². The molecule has 272 valence electrons. The number of pyridine rings is 1. The van der Waals surface area contributed by atoms with Crippen LogP contribution in [0.1, 0.15) is 99.1 Å². The number of aryl methyl sites for hydroxylation is 2. The molecule has 5 unspecified atom stereocenters. The number of benzene rings is 2. The first kappa shape index (κ1) is 33.5. The number of likely N-dealkylation sites (tertiary alicyclic amines) is 1. The van der Waals surface area contributed by atoms with Crippen LogP contribution in [-0.4, -0.2) is 54.5 Å². The first-order valence-electron chi connectivity index (χ1n) is 19.1. The predicted octanol–water partition coefficient (Wildman–Crippen LogP) is 8.56. The van der Waals surface area contributed by atoms with E-state index in [2.05, 4.69) is 50.4 Å². The summed E-state index contributed by atoms with van der Waals surface area (Å²) in [7, 11) is 0. The highest BCUT2D eigenvalue weighted by atomic mass is 35.5. The highest BCUT2D eigenvalue weighted by molar-refractivity contribution is 6.43. The molecule has 5 aromatic rings. The first-order valence-corrected chi connectivity index (χ1v) is 19.8. The van der Waals surface area contributed by atoms with Gasteiger partial charge in [0.25, 0.3) is 0 Å². The van der Waals surface area contributed by atoms with Crippen molar-refractivity contribution in [3.63, 3.8) is 0 Å². The minimum atomic E-state index is -0.470. The minimum absolute atomic E-state index is 0.00803. The molecule has 2 aromatic carbocycles. The predicted molar refractivity (Wildman–Crippen MR) is 202 cm³/mol. The fourth-order valence-corrected chi connectivity index (χ4v) is 10.3. The normalized spacial score (nSPS) is 25.9. The van der Waals surface area contributed by atoms with Gasteiger partial charge in [-0.25, -0.2) is 14.1 Å². The Kier molecular flexibility index (Phi) is 7.74. The van der Waals surface area contributed by atoms with Crippen LogP contribution in [0.25, 0.3) is 32.9 Å². The van der Waals surface area contributed by atoms with E-state index in [0.717, 1.165) is 66.6 Å². The Labute approximate surface area is 317 Å². The molecule has 3 aliphatic carbocycles. The molecule has 9 nitrogen and oxygen atoms in total. The van der Waals surface area contributed by atoms with Gasteiger partial charge in [-0.1, -0.05) is 53.9 Å². The van der Waals surface area contributed by atoms with Gasteiger partial charge in [-0.15, -0.1) is 5.10 Å². The molecule has 6 aliphatic rings. The van der Waals surface area contributed by atoms with Crippen LogP contribution >= 0.6 is 23.2 Å². The van der Waals surface area contributed by atoms with E-state index in [9.17, 15) is 10.1 Å². The fourth-order valence-electron chi connectivity index (χ4n) is 9.89. The summed E-state index contributed by atoms with van der Waals surface area (Å²) in [6.45, 7) is 5.72. The number of nitrogens with one attached hydrogen (secondary N) is 1. The average Bonchev–Trinajstić information content (AvgIpc) is 3.63. The number of rotatable bonds is 8. The Balaban J connectivity index is 1.18. The average molecular weight is 752 g/mol. The molecule has 53 heavy (non-hydrogen) atoms. The number of halogens is 3. The second kappa shape index (κ2) is 12.2. The van der Waals surface area contributed by atoms with Gasteiger partial charge in [0.2, 0.25) is 5.91 Å². The molecule has 1 amide bonds. The number of fused-ring (bicyclic) bond motifs is 4. The van der Waals surface area contributed by atoms with E-state index >= 15 is 4.39 Å². The van der Waals surface area contributed by atoms with Crippen molar-refractivity contribution in [3.05, 3.63) is 75.0 Å². The van der Waals surface area contributed by atoms with Crippen molar-refractivity contribution in [2.75, 3.05) is 13.1 Å². The van der Waals surface area contributed by atoms with Crippen LogP contribution in [0.2, 0.25) is 10.0 Å². The SMILES string of the molecule is Cc1nc2c(F)c(-c3cccc(Cl)c3Cl)c(CCC#N)cc2c2c1cc(C1CC(n3cc(C4(C)CCC4)nn3)CN1C(=O)C1CC1)n2C1C2CNC1C2. The van der Waals surface area contributed by atoms with Crippen LogP contribution in [0, 0.1) is 35.9 Å². The number of hydrogen-bond donors (Lipinski definition) is 1. The van der Waals surface area contributed by atoms with Gasteiger partial charge in [0.15, 0.2) is 5.82 Å². The van der Waals surface area contributed by atoms with Gasteiger partial charge < -0.3 is 14.8 Å². The molecule has 0 radical (unpaired) electrons. The molecule has 5 atom stereocenters. The second-order valence-electron chi connectivity index (χ2n) is 16.4. The third-order valence-electron chi connectivity index (χ3n) is 13.2. The van der Waals surface area contributed by atoms with Gasteiger partial charge >= 0.3 is 0 Å². The van der Waals surface area contributed by atoms with Gasteiger partial charge in [-0.2, -0.15) is 5.26 Å². The van der Waals surface area contributed by atoms with Crippen molar-refractivity contribution >= 4 is 50.9 Å². The summed E-state index contributed by atoms with van der Waals surface area (Å²) in [5.41, 5.74) is 5.62. The maximum absolute atomic E-state index is 17.2. The Morgan fingerprint density at radius 3 is 2.70 bits per heavy atom. The van der Waals surface area contributed by atoms with E-state index in [-0.39, 0.29) is 58.4 Å². The van der Waals surface area contributed by atoms with Crippen LogP contribution < -0.4 is 5.32 Å². The van der Waals surface area contributed by atoms with Crippen molar-refractivity contribution in [2.24, 2.45) is 11.8 Å². The molecule has 0 spiro atoms. The second-order valence-corrected chi connectivity index (χ2v) is 17.2. The quantitative estimate of drug-likeness (QED) is 0.171. The molecular formula is C41H41Cl2FN8O. The smallest absolute Gasteiger partial charge is 0.226 e. The summed E-state index contributed by atoms with van der Waals surface area (Å²) >= 11 is 13.1. The van der Waals surface area contributed by atoms with Crippen LogP contribution in [0.4, 0.5) is 4.39 Å². The highest BCUT2D eigenvalue weighted by Crippen LogP contribution is 2.52. The van der Waals surface area contributed by atoms with E-state index < -0.39 is 5.82 Å². The lowest BCUT2D eigenvalue weighted by Gasteiger charge is -2.39. The molecule has 3 saturated carbocycles. The Morgan fingerprint density at radius 2 is 2.00 bits per heavy atom. The largest absolute Gasteiger partial charge is 0.337 e. The minimum Gasteiger partial charge on any atom is -0.337 e. The summed E-state index contributed by atoms with van der Waals surface area (Å²) in [6, 6.07) is 12.0. The van der Waals surface area contributed by atoms with E-state index in [0.29, 0.717) is 52.4 Å². The standard InChI is InChI=1S/C41H41Cl2FN8O/c1-21-27-17-32(31-16-25(19-50(31)40(53)22-9-10-22)51-20-33(48-49-51)41(2)11-5-12-41)52(38-24-15-30(38)46-18-24)39(27)28-14-23(6-4-13-45)34(36(44)37(28)47-21)26-7-3-8-29(42)35(26)43/h3,7-8,14,17,20,22,24-25,30-31,38,46H,4-6,9-12,15-16,18-19H2,1-2H3. The molecule has 3 aliphatic heterocycles. The van der Waals surface area contributed by atoms with E-state index in [4.69, 9.17) is 28.2 Å². The summed E-state index contributed by atoms with van der Waals surface area (Å²) in [6.07, 6.45) is 9.79. The number of nitrogens with zero attached hydrogens (tertiary/aromatic N) is 7. The lowest BCUT2D eigenvalue weighted by molar-refractivity contribution is -0.133. The van der Waals surface area contributed by atoms with Crippen molar-refractivity contribution in [1.82, 2.24) is 34.8 Å². The van der Waals surface area contributed by atoms with Gasteiger partial charge in [-0.05, 0) is 81.5 Å². The molecule has 3 aromatic heterocycles. The number of hydrogen-bond acceptors (Lipinski definition) is 6. The third kappa shape index (κ3) is 5.10. The molecule has 3 saturated heterocycles. The lowest BCUT2D eigenvalue weighted by atomic mass is 9.68. The molecule has 6 heterocycles. The molecule has 6 fully saturated rings. The van der Waals surface area contributed by atoms with Gasteiger partial charge in [0, 0.05) is 76.4 Å². The van der Waals surface area contributed by atoms with E-state index in [1.54, 1.807) is 18.2 Å². The molecule has 2 bridgehead atoms. The zero-order chi connectivity index (χ0) is 36.3. The summed E-state index contributed by atoms with van der Waals surface area (Å²) in [5, 5.41) is 24.9. The number of aromatic nitrogens is 5. The maximum Gasteiger partial charge on any atom is 0.226 e. The molecular weight excluding hydrogens is 710 g/mol. The Morgan fingerprint density at radius 1 is 1.17 bits per heavy atom. The Bertz CT molecular complexity index is 2370. The van der Waals surface area contributed by atoms with Crippen LogP contribution in [0.5, 0.6) is 0 Å². The lowest BCUT2D eigenvalue weighted by Crippen LogP contribution is -2.41. The van der Waals surface area contributed by atoms with Crippen molar-refractivity contribution in [1.29, 1.82) is 5.26 Å². The number of carbonyl (C=O) groups is 1. The van der Waals surface area contributed by atoms with Gasteiger partial charge in [0.05, 0.1) is 45.5 Å². The monoisotopic (exact) mass is 750 g/mol. The first-order chi connectivity index (χ1) is 25.6. The van der Waals surface area contributed by atoms with E-state index in [1.165, 1.54) is 6.42 Å². The maximum atomic E-state index is 17.2. The van der Waals surface area contributed by atoms with Crippen LogP contribution in [0.15, 0.2) is 36.5 Å². The van der Waals surface area contributed by atoms with Crippen molar-refractivity contribution in [3.8, 4) is 17.2 Å². The van der Waals surface area contributed by atoms with Gasteiger partial charge in [-0.3, -0.25) is 4.79 Å². The number of amides is 1. The fraction of sp³-hybridized carbons (Fsp3) is 0.488. The Hall–Kier alpha value is -4.04. The van der Waals surface area contributed by atoms with Gasteiger partial charge in [0.1, 0.15) is 5.52 Å². The zero-order valence-electron chi connectivity index (χ0n) is 29.9. The van der Waals surface area contributed by atoms with Crippen molar-refractivity contribution in [2.45, 2.75) is 101 Å². The van der Waals surface area contributed by atoms with Crippen molar-refractivity contribution < 1.29 is 9.18 Å². The summed E-state index contributed by atoms with van der Waals surface area (Å²) in [5.74, 6) is 0.231. The third-order valence-corrected chi connectivity index (χ3v) is 14.0. The number of nitriles is 1. The molecule has 11 rings (SSSR count). The topological polar surface area (TPSA) is 105 Å². The van der Waals surface area contributed by atoms with Crippen LogP contribution in [-0.2, 0) is 16.6 Å². The molecule has 12 heteroatoms. The number of carbonyl (C=O) groups excluding carboxylic acids is 1.